The number of ether oxygens (including phenoxy) is 1. The first-order valence-corrected chi connectivity index (χ1v) is 15.6. The van der Waals surface area contributed by atoms with Crippen LogP contribution >= 0.6 is 11.3 Å². The fraction of sp³-hybridized carbons (Fsp3) is 0.393. The van der Waals surface area contributed by atoms with Gasteiger partial charge in [0.25, 0.3) is 5.91 Å². The maximum atomic E-state index is 13.4. The molecular formula is C28H33N5O4S2. The highest BCUT2D eigenvalue weighted by atomic mass is 32.2. The number of aromatic nitrogens is 3. The van der Waals surface area contributed by atoms with E-state index in [1.807, 2.05) is 39.0 Å². The molecule has 1 N–H and O–H groups in total. The average molecular weight is 568 g/mol. The molecule has 0 unspecified atom stereocenters. The minimum atomic E-state index is -3.64. The summed E-state index contributed by atoms with van der Waals surface area (Å²) in [5, 5.41) is 8.05. The Hall–Kier alpha value is -3.28. The summed E-state index contributed by atoms with van der Waals surface area (Å²) >= 11 is 1.45. The van der Waals surface area contributed by atoms with Crippen LogP contribution in [0.2, 0.25) is 0 Å². The van der Waals surface area contributed by atoms with Crippen LogP contribution in [0.5, 0.6) is 5.75 Å². The molecule has 1 aliphatic rings. The Bertz CT molecular complexity index is 1570. The molecule has 5 rings (SSSR count). The van der Waals surface area contributed by atoms with Crippen molar-refractivity contribution in [2.75, 3.05) is 18.5 Å². The van der Waals surface area contributed by atoms with Crippen LogP contribution in [0.1, 0.15) is 62.0 Å². The van der Waals surface area contributed by atoms with Crippen LogP contribution in [0, 0.1) is 6.92 Å². The molecule has 1 saturated carbocycles. The number of nitrogens with zero attached hydrogens (tertiary/aromatic N) is 4. The summed E-state index contributed by atoms with van der Waals surface area (Å²) in [4.78, 5) is 18.1. The third kappa shape index (κ3) is 5.57. The minimum Gasteiger partial charge on any atom is -0.492 e. The zero-order valence-corrected chi connectivity index (χ0v) is 24.0. The van der Waals surface area contributed by atoms with Crippen LogP contribution in [0.3, 0.4) is 0 Å². The number of aryl methyl sites for hydroxylation is 1. The highest BCUT2D eigenvalue weighted by Crippen LogP contribution is 2.33. The highest BCUT2D eigenvalue weighted by molar-refractivity contribution is 7.89. The second kappa shape index (κ2) is 11.4. The van der Waals surface area contributed by atoms with Crippen molar-refractivity contribution in [2.45, 2.75) is 63.8 Å². The first-order chi connectivity index (χ1) is 18.8. The number of carbonyl (C=O) groups is 1. The number of para-hydroxylation sites is 1. The third-order valence-electron chi connectivity index (χ3n) is 6.94. The zero-order chi connectivity index (χ0) is 27.6. The molecule has 206 valence electrons. The SMILES string of the molecule is CCOc1cccc2sc(-n3nc(C)cc3NC(=O)c3ccc(S(=O)(=O)N(CC)C4CCCCC4)cc3)nc12. The van der Waals surface area contributed by atoms with Crippen molar-refractivity contribution in [3.63, 3.8) is 0 Å². The molecule has 0 atom stereocenters. The van der Waals surface area contributed by atoms with E-state index in [2.05, 4.69) is 10.4 Å². The predicted molar refractivity (Wildman–Crippen MR) is 153 cm³/mol. The van der Waals surface area contributed by atoms with E-state index >= 15 is 0 Å². The van der Waals surface area contributed by atoms with E-state index in [0.717, 1.165) is 48.0 Å². The Morgan fingerprint density at radius 3 is 2.56 bits per heavy atom. The predicted octanol–water partition coefficient (Wildman–Crippen LogP) is 5.78. The molecule has 0 radical (unpaired) electrons. The van der Waals surface area contributed by atoms with Crippen LogP contribution in [-0.2, 0) is 10.0 Å². The summed E-state index contributed by atoms with van der Waals surface area (Å²) in [6, 6.07) is 13.7. The van der Waals surface area contributed by atoms with Crippen LogP contribution in [0.25, 0.3) is 15.3 Å². The largest absolute Gasteiger partial charge is 0.492 e. The van der Waals surface area contributed by atoms with Crippen molar-refractivity contribution in [2.24, 2.45) is 0 Å². The number of fused-ring (bicyclic) bond motifs is 1. The number of nitrogens with one attached hydrogen (secondary N) is 1. The number of hydrogen-bond acceptors (Lipinski definition) is 7. The first-order valence-electron chi connectivity index (χ1n) is 13.3. The summed E-state index contributed by atoms with van der Waals surface area (Å²) in [5.74, 6) is 0.809. The van der Waals surface area contributed by atoms with Gasteiger partial charge in [0.05, 0.1) is 21.9 Å². The quantitative estimate of drug-likeness (QED) is 0.275. The first kappa shape index (κ1) is 27.3. The van der Waals surface area contributed by atoms with E-state index < -0.39 is 10.0 Å². The van der Waals surface area contributed by atoms with Crippen LogP contribution < -0.4 is 10.1 Å². The molecule has 0 bridgehead atoms. The lowest BCUT2D eigenvalue weighted by molar-refractivity contribution is 0.102. The Balaban J connectivity index is 1.36. The van der Waals surface area contributed by atoms with Gasteiger partial charge in [-0.3, -0.25) is 4.79 Å². The van der Waals surface area contributed by atoms with E-state index in [1.165, 1.54) is 23.5 Å². The van der Waals surface area contributed by atoms with Crippen molar-refractivity contribution >= 4 is 43.3 Å². The third-order valence-corrected chi connectivity index (χ3v) is 9.98. The Labute approximate surface area is 232 Å². The molecule has 1 fully saturated rings. The second-order valence-electron chi connectivity index (χ2n) is 9.59. The molecule has 39 heavy (non-hydrogen) atoms. The van der Waals surface area contributed by atoms with Gasteiger partial charge in [-0.1, -0.05) is 43.6 Å². The van der Waals surface area contributed by atoms with Gasteiger partial charge in [0, 0.05) is 24.2 Å². The van der Waals surface area contributed by atoms with E-state index in [0.29, 0.717) is 35.4 Å². The number of hydrogen-bond donors (Lipinski definition) is 1. The van der Waals surface area contributed by atoms with Crippen molar-refractivity contribution in [3.8, 4) is 10.9 Å². The van der Waals surface area contributed by atoms with Gasteiger partial charge in [-0.2, -0.15) is 14.1 Å². The number of benzene rings is 2. The number of sulfonamides is 1. The maximum Gasteiger partial charge on any atom is 0.256 e. The van der Waals surface area contributed by atoms with Crippen molar-refractivity contribution in [1.82, 2.24) is 19.1 Å². The van der Waals surface area contributed by atoms with Crippen LogP contribution in [0.4, 0.5) is 5.82 Å². The topological polar surface area (TPSA) is 106 Å². The zero-order valence-electron chi connectivity index (χ0n) is 22.4. The summed E-state index contributed by atoms with van der Waals surface area (Å²) in [6.07, 6.45) is 5.04. The van der Waals surface area contributed by atoms with Crippen molar-refractivity contribution in [1.29, 1.82) is 0 Å². The van der Waals surface area contributed by atoms with Gasteiger partial charge in [0.2, 0.25) is 15.2 Å². The molecule has 4 aromatic rings. The molecule has 2 aromatic carbocycles. The normalized spacial score (nSPS) is 14.7. The van der Waals surface area contributed by atoms with Gasteiger partial charge >= 0.3 is 0 Å². The molecule has 2 heterocycles. The van der Waals surface area contributed by atoms with Gasteiger partial charge < -0.3 is 10.1 Å². The van der Waals surface area contributed by atoms with Crippen molar-refractivity contribution in [3.05, 3.63) is 59.8 Å². The molecular weight excluding hydrogens is 534 g/mol. The summed E-state index contributed by atoms with van der Waals surface area (Å²) in [5.41, 5.74) is 1.82. The van der Waals surface area contributed by atoms with E-state index in [-0.39, 0.29) is 16.8 Å². The molecule has 11 heteroatoms. The van der Waals surface area contributed by atoms with E-state index in [4.69, 9.17) is 9.72 Å². The maximum absolute atomic E-state index is 13.4. The van der Waals surface area contributed by atoms with E-state index in [1.54, 1.807) is 27.2 Å². The number of rotatable bonds is 9. The fourth-order valence-electron chi connectivity index (χ4n) is 5.10. The number of anilines is 1. The lowest BCUT2D eigenvalue weighted by Gasteiger charge is -2.32. The molecule has 1 aliphatic carbocycles. The Kier molecular flexibility index (Phi) is 8.01. The Morgan fingerprint density at radius 1 is 1.13 bits per heavy atom. The van der Waals surface area contributed by atoms with Crippen LogP contribution in [-0.4, -0.2) is 52.6 Å². The van der Waals surface area contributed by atoms with Gasteiger partial charge in [0.15, 0.2) is 0 Å². The second-order valence-corrected chi connectivity index (χ2v) is 12.5. The standard InChI is InChI=1S/C28H33N5O4S2/c1-4-32(21-10-7-6-8-11-21)39(35,36)22-16-14-20(15-17-22)27(34)29-25-18-19(3)31-33(25)28-30-26-23(37-5-2)12-9-13-24(26)38-28/h9,12-18,21H,4-8,10-11H2,1-3H3,(H,29,34). The molecule has 9 nitrogen and oxygen atoms in total. The molecule has 1 amide bonds. The highest BCUT2D eigenvalue weighted by Gasteiger charge is 2.31. The van der Waals surface area contributed by atoms with Gasteiger partial charge in [-0.05, 0) is 63.1 Å². The number of thiazole rings is 1. The number of carbonyl (C=O) groups excluding carboxylic acids is 1. The lowest BCUT2D eigenvalue weighted by Crippen LogP contribution is -2.41. The molecule has 2 aromatic heterocycles. The smallest absolute Gasteiger partial charge is 0.256 e. The monoisotopic (exact) mass is 567 g/mol. The average Bonchev–Trinajstić information content (AvgIpc) is 3.53. The number of amides is 1. The summed E-state index contributed by atoms with van der Waals surface area (Å²) in [6.45, 7) is 6.61. The molecule has 0 spiro atoms. The lowest BCUT2D eigenvalue weighted by atomic mass is 9.95. The fourth-order valence-corrected chi connectivity index (χ4v) is 7.75. The minimum absolute atomic E-state index is 0.0346. The van der Waals surface area contributed by atoms with Gasteiger partial charge in [-0.25, -0.2) is 13.4 Å². The molecule has 0 saturated heterocycles. The van der Waals surface area contributed by atoms with E-state index in [9.17, 15) is 13.2 Å². The van der Waals surface area contributed by atoms with Crippen molar-refractivity contribution < 1.29 is 17.9 Å². The summed E-state index contributed by atoms with van der Waals surface area (Å²) < 4.78 is 36.6. The van der Waals surface area contributed by atoms with Crippen LogP contribution in [0.15, 0.2) is 53.4 Å². The molecule has 0 aliphatic heterocycles. The van der Waals surface area contributed by atoms with Gasteiger partial charge in [-0.15, -0.1) is 0 Å². The summed E-state index contributed by atoms with van der Waals surface area (Å²) in [7, 11) is -3.64. The Morgan fingerprint density at radius 2 is 1.87 bits per heavy atom. The van der Waals surface area contributed by atoms with Gasteiger partial charge in [0.1, 0.15) is 17.1 Å².